The molecule has 3 aromatic carbocycles. The summed E-state index contributed by atoms with van der Waals surface area (Å²) in [6.45, 7) is 0.545. The Hall–Kier alpha value is -4.00. The minimum Gasteiger partial charge on any atom is -0.434 e. The van der Waals surface area contributed by atoms with Crippen molar-refractivity contribution in [3.8, 4) is 5.75 Å². The third kappa shape index (κ3) is 6.75. The van der Waals surface area contributed by atoms with Gasteiger partial charge in [0, 0.05) is 5.56 Å². The molecule has 0 bridgehead atoms. The van der Waals surface area contributed by atoms with Crippen LogP contribution in [0.3, 0.4) is 0 Å². The Labute approximate surface area is 197 Å². The summed E-state index contributed by atoms with van der Waals surface area (Å²) in [5, 5.41) is 5.63. The topological polar surface area (TPSA) is 67.4 Å². The zero-order valence-corrected chi connectivity index (χ0v) is 18.9. The smallest absolute Gasteiger partial charge is 0.387 e. The molecule has 0 aromatic heterocycles. The molecule has 5 nitrogen and oxygen atoms in total. The molecule has 0 aliphatic carbocycles. The first-order chi connectivity index (χ1) is 16.3. The van der Waals surface area contributed by atoms with Gasteiger partial charge in [-0.15, -0.1) is 0 Å². The van der Waals surface area contributed by atoms with Crippen molar-refractivity contribution in [3.63, 3.8) is 0 Å². The largest absolute Gasteiger partial charge is 0.434 e. The van der Waals surface area contributed by atoms with Gasteiger partial charge in [-0.1, -0.05) is 78.9 Å². The normalized spacial score (nSPS) is 13.1. The fourth-order valence-corrected chi connectivity index (χ4v) is 3.39. The van der Waals surface area contributed by atoms with Crippen molar-refractivity contribution >= 4 is 17.9 Å². The van der Waals surface area contributed by atoms with Crippen molar-refractivity contribution in [2.45, 2.75) is 32.5 Å². The monoisotopic (exact) mass is 464 g/mol. The third-order valence-electron chi connectivity index (χ3n) is 5.22. The second kappa shape index (κ2) is 11.7. The molecular weight excluding hydrogens is 438 g/mol. The van der Waals surface area contributed by atoms with Crippen LogP contribution in [0.2, 0.25) is 0 Å². The van der Waals surface area contributed by atoms with Crippen LogP contribution in [-0.2, 0) is 9.59 Å². The maximum Gasteiger partial charge on any atom is 0.387 e. The van der Waals surface area contributed by atoms with E-state index in [1.165, 1.54) is 24.3 Å². The zero-order valence-electron chi connectivity index (χ0n) is 18.9. The molecule has 0 spiro atoms. The molecule has 0 saturated carbocycles. The maximum atomic E-state index is 13.2. The number of benzene rings is 3. The van der Waals surface area contributed by atoms with Gasteiger partial charge < -0.3 is 15.4 Å². The number of para-hydroxylation sites is 1. The van der Waals surface area contributed by atoms with E-state index in [1.54, 1.807) is 19.9 Å². The molecular formula is C27H26F2N2O3. The van der Waals surface area contributed by atoms with Gasteiger partial charge >= 0.3 is 6.61 Å². The van der Waals surface area contributed by atoms with Crippen molar-refractivity contribution in [1.82, 2.24) is 10.6 Å². The van der Waals surface area contributed by atoms with Crippen LogP contribution >= 0.6 is 0 Å². The standard InChI is InChI=1S/C27H26F2N2O3/c1-18(20-11-5-3-6-12-20)30-25(32)23(17-22-15-9-10-16-24(22)34-27(28)29)26(33)31-19(2)21-13-7-4-8-14-21/h3-19,27H,1-2H3,(H,30,32)(H,31,33)/t18-,19+. The van der Waals surface area contributed by atoms with Crippen LogP contribution in [0.15, 0.2) is 90.5 Å². The molecule has 0 saturated heterocycles. The average molecular weight is 465 g/mol. The van der Waals surface area contributed by atoms with Crippen LogP contribution in [0.1, 0.15) is 42.6 Å². The van der Waals surface area contributed by atoms with E-state index < -0.39 is 18.4 Å². The van der Waals surface area contributed by atoms with Gasteiger partial charge in [0.1, 0.15) is 11.3 Å². The quantitative estimate of drug-likeness (QED) is 0.252. The number of hydrogen-bond acceptors (Lipinski definition) is 3. The van der Waals surface area contributed by atoms with Crippen LogP contribution in [0.25, 0.3) is 6.08 Å². The fourth-order valence-electron chi connectivity index (χ4n) is 3.39. The van der Waals surface area contributed by atoms with Crippen molar-refractivity contribution in [1.29, 1.82) is 0 Å². The van der Waals surface area contributed by atoms with Crippen LogP contribution < -0.4 is 15.4 Å². The minimum absolute atomic E-state index is 0.136. The van der Waals surface area contributed by atoms with Crippen LogP contribution in [0.4, 0.5) is 8.78 Å². The highest BCUT2D eigenvalue weighted by Gasteiger charge is 2.23. The van der Waals surface area contributed by atoms with Gasteiger partial charge in [0.05, 0.1) is 12.1 Å². The van der Waals surface area contributed by atoms with Crippen LogP contribution in [0.5, 0.6) is 5.75 Å². The molecule has 3 rings (SSSR count). The molecule has 0 aliphatic heterocycles. The maximum absolute atomic E-state index is 13.2. The van der Waals surface area contributed by atoms with E-state index in [4.69, 9.17) is 0 Å². The Morgan fingerprint density at radius 1 is 0.735 bits per heavy atom. The summed E-state index contributed by atoms with van der Waals surface area (Å²) in [4.78, 5) is 26.4. The summed E-state index contributed by atoms with van der Waals surface area (Å²) in [6.07, 6.45) is 1.26. The summed E-state index contributed by atoms with van der Waals surface area (Å²) in [7, 11) is 0. The Kier molecular flexibility index (Phi) is 8.51. The first-order valence-corrected chi connectivity index (χ1v) is 10.8. The van der Waals surface area contributed by atoms with E-state index in [0.29, 0.717) is 0 Å². The summed E-state index contributed by atoms with van der Waals surface area (Å²) in [5.41, 5.74) is 1.67. The predicted molar refractivity (Wildman–Crippen MR) is 127 cm³/mol. The van der Waals surface area contributed by atoms with E-state index >= 15 is 0 Å². The van der Waals surface area contributed by atoms with Crippen molar-refractivity contribution in [2.24, 2.45) is 0 Å². The molecule has 2 amide bonds. The van der Waals surface area contributed by atoms with Crippen LogP contribution in [-0.4, -0.2) is 18.4 Å². The lowest BCUT2D eigenvalue weighted by molar-refractivity contribution is -0.124. The van der Waals surface area contributed by atoms with Crippen molar-refractivity contribution < 1.29 is 23.1 Å². The molecule has 34 heavy (non-hydrogen) atoms. The molecule has 176 valence electrons. The molecule has 3 aromatic rings. The number of carbonyl (C=O) groups is 2. The minimum atomic E-state index is -3.04. The number of alkyl halides is 2. The molecule has 0 fully saturated rings. The molecule has 7 heteroatoms. The lowest BCUT2D eigenvalue weighted by Crippen LogP contribution is -2.36. The first-order valence-electron chi connectivity index (χ1n) is 10.8. The van der Waals surface area contributed by atoms with Gasteiger partial charge in [-0.25, -0.2) is 0 Å². The second-order valence-corrected chi connectivity index (χ2v) is 7.69. The number of amides is 2. The number of ether oxygens (including phenoxy) is 1. The highest BCUT2D eigenvalue weighted by atomic mass is 19.3. The fraction of sp³-hybridized carbons (Fsp3) is 0.185. The van der Waals surface area contributed by atoms with Crippen LogP contribution in [0, 0.1) is 0 Å². The molecule has 2 atom stereocenters. The van der Waals surface area contributed by atoms with Crippen molar-refractivity contribution in [3.05, 3.63) is 107 Å². The summed E-state index contributed by atoms with van der Waals surface area (Å²) < 4.78 is 30.3. The van der Waals surface area contributed by atoms with Gasteiger partial charge in [-0.2, -0.15) is 8.78 Å². The van der Waals surface area contributed by atoms with E-state index in [0.717, 1.165) is 11.1 Å². The summed E-state index contributed by atoms with van der Waals surface area (Å²) >= 11 is 0. The lowest BCUT2D eigenvalue weighted by Gasteiger charge is -2.19. The Bertz CT molecular complexity index is 1070. The van der Waals surface area contributed by atoms with Gasteiger partial charge in [0.15, 0.2) is 0 Å². The van der Waals surface area contributed by atoms with E-state index in [9.17, 15) is 18.4 Å². The van der Waals surface area contributed by atoms with Gasteiger partial charge in [-0.3, -0.25) is 9.59 Å². The summed E-state index contributed by atoms with van der Waals surface area (Å²) in [5.74, 6) is -1.41. The van der Waals surface area contributed by atoms with E-state index in [1.807, 2.05) is 60.7 Å². The molecule has 0 unspecified atom stereocenters. The van der Waals surface area contributed by atoms with Gasteiger partial charge in [0.25, 0.3) is 11.8 Å². The third-order valence-corrected chi connectivity index (χ3v) is 5.22. The molecule has 0 radical (unpaired) electrons. The SMILES string of the molecule is C[C@H](NC(=O)C(=Cc1ccccc1OC(F)F)C(=O)N[C@H](C)c1ccccc1)c1ccccc1. The Morgan fingerprint density at radius 3 is 1.65 bits per heavy atom. The first kappa shape index (κ1) is 24.6. The number of halogens is 2. The predicted octanol–water partition coefficient (Wildman–Crippen LogP) is 5.43. The molecule has 0 aliphatic rings. The number of rotatable bonds is 9. The van der Waals surface area contributed by atoms with Crippen molar-refractivity contribution in [2.75, 3.05) is 0 Å². The number of hydrogen-bond donors (Lipinski definition) is 2. The Balaban J connectivity index is 1.92. The Morgan fingerprint density at radius 2 is 1.18 bits per heavy atom. The second-order valence-electron chi connectivity index (χ2n) is 7.69. The summed E-state index contributed by atoms with van der Waals surface area (Å²) in [6, 6.07) is 23.8. The van der Waals surface area contributed by atoms with E-state index in [-0.39, 0.29) is 29.0 Å². The number of carbonyl (C=O) groups excluding carboxylic acids is 2. The average Bonchev–Trinajstić information content (AvgIpc) is 2.84. The molecule has 2 N–H and O–H groups in total. The highest BCUT2D eigenvalue weighted by molar-refractivity contribution is 6.22. The van der Waals surface area contributed by atoms with E-state index in [2.05, 4.69) is 15.4 Å². The zero-order chi connectivity index (χ0) is 24.5. The molecule has 0 heterocycles. The number of nitrogens with one attached hydrogen (secondary N) is 2. The van der Waals surface area contributed by atoms with Gasteiger partial charge in [0.2, 0.25) is 0 Å². The highest BCUT2D eigenvalue weighted by Crippen LogP contribution is 2.24. The lowest BCUT2D eigenvalue weighted by atomic mass is 10.0. The van der Waals surface area contributed by atoms with Gasteiger partial charge in [-0.05, 0) is 37.1 Å².